The Hall–Kier alpha value is -3.82. The van der Waals surface area contributed by atoms with E-state index in [1.165, 1.54) is 12.1 Å². The number of carbonyl (C=O) groups excluding carboxylic acids is 4. The summed E-state index contributed by atoms with van der Waals surface area (Å²) in [6, 6.07) is 13.9. The summed E-state index contributed by atoms with van der Waals surface area (Å²) in [5.74, 6) is -0.765. The van der Waals surface area contributed by atoms with Gasteiger partial charge in [0.2, 0.25) is 5.78 Å². The van der Waals surface area contributed by atoms with Crippen molar-refractivity contribution in [1.82, 2.24) is 4.90 Å². The van der Waals surface area contributed by atoms with Crippen molar-refractivity contribution < 1.29 is 28.7 Å². The molecule has 11 heteroatoms. The number of alkyl halides is 2. The summed E-state index contributed by atoms with van der Waals surface area (Å²) in [6.07, 6.45) is -0.720. The van der Waals surface area contributed by atoms with Crippen LogP contribution >= 0.6 is 23.2 Å². The number of carbonyl (C=O) groups is 4. The molecule has 218 valence electrons. The number of Topliss-reactive ketones (excluding diaryl/α,β-unsaturated/α-hetero) is 2. The van der Waals surface area contributed by atoms with E-state index in [1.807, 2.05) is 35.2 Å². The molecule has 9 nitrogen and oxygen atoms in total. The monoisotopic (exact) mass is 601 g/mol. The summed E-state index contributed by atoms with van der Waals surface area (Å²) < 4.78 is 10.8. The van der Waals surface area contributed by atoms with Crippen LogP contribution in [0.2, 0.25) is 0 Å². The first-order valence-electron chi connectivity index (χ1n) is 12.9. The topological polar surface area (TPSA) is 105 Å². The first-order valence-corrected chi connectivity index (χ1v) is 14.0. The molecule has 1 N–H and O–H groups in total. The Balaban J connectivity index is 1.83. The molecule has 0 aromatic heterocycles. The lowest BCUT2D eigenvalue weighted by Gasteiger charge is -2.26. The van der Waals surface area contributed by atoms with Crippen molar-refractivity contribution >= 4 is 58.2 Å². The van der Waals surface area contributed by atoms with E-state index in [0.717, 1.165) is 5.56 Å². The van der Waals surface area contributed by atoms with Crippen LogP contribution in [0.5, 0.6) is 0 Å². The van der Waals surface area contributed by atoms with Gasteiger partial charge in [0.05, 0.1) is 22.6 Å². The predicted octanol–water partition coefficient (Wildman–Crippen LogP) is 5.18. The van der Waals surface area contributed by atoms with Gasteiger partial charge in [-0.3, -0.25) is 14.9 Å². The van der Waals surface area contributed by atoms with Crippen molar-refractivity contribution in [1.29, 1.82) is 0 Å². The van der Waals surface area contributed by atoms with Gasteiger partial charge in [0.15, 0.2) is 5.78 Å². The second-order valence-corrected chi connectivity index (χ2v) is 10.2. The molecule has 0 unspecified atom stereocenters. The maximum Gasteiger partial charge on any atom is 0.412 e. The Morgan fingerprint density at radius 1 is 0.854 bits per heavy atom. The molecule has 1 aliphatic carbocycles. The molecule has 0 atom stereocenters. The van der Waals surface area contributed by atoms with Crippen LogP contribution in [0, 0.1) is 0 Å². The highest BCUT2D eigenvalue weighted by Gasteiger charge is 2.32. The van der Waals surface area contributed by atoms with E-state index < -0.39 is 12.1 Å². The van der Waals surface area contributed by atoms with Gasteiger partial charge in [0, 0.05) is 55.7 Å². The van der Waals surface area contributed by atoms with E-state index in [1.54, 1.807) is 38.9 Å². The minimum Gasteiger partial charge on any atom is -0.457 e. The Bertz CT molecular complexity index is 1370. The van der Waals surface area contributed by atoms with Gasteiger partial charge in [-0.1, -0.05) is 30.3 Å². The van der Waals surface area contributed by atoms with E-state index in [2.05, 4.69) is 5.32 Å². The fourth-order valence-electron chi connectivity index (χ4n) is 4.41. The smallest absolute Gasteiger partial charge is 0.412 e. The lowest BCUT2D eigenvalue weighted by molar-refractivity contribution is -0.117. The molecule has 0 aliphatic heterocycles. The molecule has 0 radical (unpaired) electrons. The number of rotatable bonds is 12. The first-order chi connectivity index (χ1) is 19.6. The van der Waals surface area contributed by atoms with Crippen LogP contribution in [0.25, 0.3) is 0 Å². The lowest BCUT2D eigenvalue weighted by Crippen LogP contribution is -2.31. The standard InChI is InChI=1S/C30H33Cl2N3O6/c1-19-23(28(37)26(34(3)4)20(2)27(19)36)18-40-29(38)22-10-11-25(35(14-12-31)15-13-32)24(16-22)33-30(39)41-17-21-8-6-5-7-9-21/h5-11,16H,12-15,17-18H2,1-4H3,(H,33,39). The highest BCUT2D eigenvalue weighted by atomic mass is 35.5. The Morgan fingerprint density at radius 2 is 1.51 bits per heavy atom. The number of ether oxygens (including phenoxy) is 2. The Labute approximate surface area is 249 Å². The van der Waals surface area contributed by atoms with Gasteiger partial charge in [-0.2, -0.15) is 0 Å². The lowest BCUT2D eigenvalue weighted by atomic mass is 9.88. The van der Waals surface area contributed by atoms with E-state index in [4.69, 9.17) is 32.7 Å². The number of anilines is 2. The van der Waals surface area contributed by atoms with E-state index in [9.17, 15) is 19.2 Å². The van der Waals surface area contributed by atoms with E-state index >= 15 is 0 Å². The number of likely N-dealkylation sites (N-methyl/N-ethyl adjacent to an activating group) is 1. The van der Waals surface area contributed by atoms with Gasteiger partial charge in [0.1, 0.15) is 13.2 Å². The molecule has 0 saturated carbocycles. The highest BCUT2D eigenvalue weighted by molar-refractivity contribution is 6.24. The highest BCUT2D eigenvalue weighted by Crippen LogP contribution is 2.29. The van der Waals surface area contributed by atoms with Gasteiger partial charge in [0.25, 0.3) is 0 Å². The zero-order valence-electron chi connectivity index (χ0n) is 23.5. The molecular weight excluding hydrogens is 569 g/mol. The van der Waals surface area contributed by atoms with Crippen LogP contribution in [0.1, 0.15) is 29.8 Å². The molecule has 41 heavy (non-hydrogen) atoms. The number of ketones is 2. The van der Waals surface area contributed by atoms with Gasteiger partial charge in [-0.25, -0.2) is 9.59 Å². The van der Waals surface area contributed by atoms with E-state index in [-0.39, 0.29) is 47.2 Å². The van der Waals surface area contributed by atoms with Gasteiger partial charge < -0.3 is 19.3 Å². The van der Waals surface area contributed by atoms with Gasteiger partial charge in [-0.05, 0) is 37.6 Å². The van der Waals surface area contributed by atoms with Crippen molar-refractivity contribution in [3.05, 3.63) is 82.1 Å². The summed E-state index contributed by atoms with van der Waals surface area (Å²) in [4.78, 5) is 55.0. The molecule has 1 amide bonds. The fraction of sp³-hybridized carbons (Fsp3) is 0.333. The number of nitrogens with zero attached hydrogens (tertiary/aromatic N) is 2. The normalized spacial score (nSPS) is 13.3. The quantitative estimate of drug-likeness (QED) is 0.201. The van der Waals surface area contributed by atoms with Crippen molar-refractivity contribution in [2.45, 2.75) is 20.5 Å². The summed E-state index contributed by atoms with van der Waals surface area (Å²) in [6.45, 7) is 3.70. The Morgan fingerprint density at radius 3 is 2.12 bits per heavy atom. The minimum absolute atomic E-state index is 0.0564. The van der Waals surface area contributed by atoms with Crippen molar-refractivity contribution in [3.8, 4) is 0 Å². The number of benzene rings is 2. The molecule has 2 aromatic rings. The van der Waals surface area contributed by atoms with Crippen LogP contribution in [0.3, 0.4) is 0 Å². The number of halogens is 2. The third kappa shape index (κ3) is 7.89. The van der Waals surface area contributed by atoms with Crippen LogP contribution in [-0.2, 0) is 25.7 Å². The molecular formula is C30H33Cl2N3O6. The summed E-state index contributed by atoms with van der Waals surface area (Å²) >= 11 is 12.0. The Kier molecular flexibility index (Phi) is 11.4. The van der Waals surface area contributed by atoms with E-state index in [0.29, 0.717) is 41.8 Å². The first kappa shape index (κ1) is 31.7. The van der Waals surface area contributed by atoms with Crippen molar-refractivity contribution in [2.75, 3.05) is 55.8 Å². The number of nitrogens with one attached hydrogen (secondary N) is 1. The van der Waals surface area contributed by atoms with Crippen LogP contribution in [0.4, 0.5) is 16.2 Å². The van der Waals surface area contributed by atoms with Crippen LogP contribution in [0.15, 0.2) is 70.9 Å². The molecule has 3 rings (SSSR count). The maximum absolute atomic E-state index is 13.1. The molecule has 1 aliphatic rings. The molecule has 0 heterocycles. The summed E-state index contributed by atoms with van der Waals surface area (Å²) in [7, 11) is 3.35. The molecule has 0 saturated heterocycles. The third-order valence-electron chi connectivity index (χ3n) is 6.50. The fourth-order valence-corrected chi connectivity index (χ4v) is 4.82. The van der Waals surface area contributed by atoms with Crippen LogP contribution < -0.4 is 10.2 Å². The number of hydrogen-bond acceptors (Lipinski definition) is 8. The molecule has 2 aromatic carbocycles. The predicted molar refractivity (Wildman–Crippen MR) is 160 cm³/mol. The van der Waals surface area contributed by atoms with Gasteiger partial charge >= 0.3 is 12.1 Å². The number of esters is 1. The van der Waals surface area contributed by atoms with Crippen molar-refractivity contribution in [3.63, 3.8) is 0 Å². The summed E-state index contributed by atoms with van der Waals surface area (Å²) in [5, 5.41) is 2.71. The zero-order chi connectivity index (χ0) is 30.1. The average molecular weight is 603 g/mol. The molecule has 0 bridgehead atoms. The summed E-state index contributed by atoms with van der Waals surface area (Å²) in [5.41, 5.74) is 2.77. The second kappa shape index (κ2) is 14.7. The molecule has 0 fully saturated rings. The minimum atomic E-state index is -0.739. The SMILES string of the molecule is CC1=C(COC(=O)c2ccc(N(CCCl)CCCl)c(NC(=O)OCc3ccccc3)c2)C(=O)C(N(C)C)=C(C)C1=O. The van der Waals surface area contributed by atoms with Gasteiger partial charge in [-0.15, -0.1) is 23.2 Å². The maximum atomic E-state index is 13.1. The second-order valence-electron chi connectivity index (χ2n) is 9.49. The number of amides is 1. The van der Waals surface area contributed by atoms with Crippen LogP contribution in [-0.4, -0.2) is 74.1 Å². The van der Waals surface area contributed by atoms with Crippen molar-refractivity contribution in [2.24, 2.45) is 0 Å². The third-order valence-corrected chi connectivity index (χ3v) is 6.84. The largest absolute Gasteiger partial charge is 0.457 e. The average Bonchev–Trinajstić information content (AvgIpc) is 2.95. The molecule has 0 spiro atoms. The zero-order valence-corrected chi connectivity index (χ0v) is 25.0. The number of hydrogen-bond donors (Lipinski definition) is 1. The number of allylic oxidation sites excluding steroid dienone is 3.